The molecule has 0 fully saturated rings. The third-order valence-corrected chi connectivity index (χ3v) is 3.06. The molecule has 0 aliphatic rings. The first kappa shape index (κ1) is 24.1. The van der Waals surface area contributed by atoms with Gasteiger partial charge in [-0.25, -0.2) is 0 Å². The van der Waals surface area contributed by atoms with Gasteiger partial charge in [0.25, 0.3) is 0 Å². The van der Waals surface area contributed by atoms with Gasteiger partial charge in [0.05, 0.1) is 26.2 Å². The van der Waals surface area contributed by atoms with Crippen molar-refractivity contribution in [3.8, 4) is 11.5 Å². The van der Waals surface area contributed by atoms with Crippen molar-refractivity contribution in [3.05, 3.63) is 71.8 Å². The first-order valence-electron chi connectivity index (χ1n) is 7.51. The zero-order valence-corrected chi connectivity index (χ0v) is 16.5. The number of hydrogen-bond acceptors (Lipinski definition) is 6. The van der Waals surface area contributed by atoms with E-state index in [0.29, 0.717) is 0 Å². The molecule has 0 amide bonds. The van der Waals surface area contributed by atoms with Crippen molar-refractivity contribution >= 4 is 24.1 Å². The molecule has 2 aromatic rings. The van der Waals surface area contributed by atoms with Crippen LogP contribution < -0.4 is 19.7 Å². The SMILES string of the molecule is COc1ccc(/C=C/C(=O)[O-])cc1.COc1ccc(/C=C/C(=O)[O-])cc1.[Ru+2]. The molecule has 0 saturated carbocycles. The second-order valence-corrected chi connectivity index (χ2v) is 4.85. The van der Waals surface area contributed by atoms with Crippen LogP contribution in [0.5, 0.6) is 11.5 Å². The molecular formula is C20H18O6Ru. The third-order valence-electron chi connectivity index (χ3n) is 3.06. The minimum absolute atomic E-state index is 0. The van der Waals surface area contributed by atoms with E-state index in [9.17, 15) is 19.8 Å². The Morgan fingerprint density at radius 2 is 1.00 bits per heavy atom. The molecule has 0 bridgehead atoms. The van der Waals surface area contributed by atoms with E-state index in [1.165, 1.54) is 12.2 Å². The number of hydrogen-bond donors (Lipinski definition) is 0. The summed E-state index contributed by atoms with van der Waals surface area (Å²) in [6.45, 7) is 0. The van der Waals surface area contributed by atoms with E-state index >= 15 is 0 Å². The van der Waals surface area contributed by atoms with E-state index in [2.05, 4.69) is 0 Å². The van der Waals surface area contributed by atoms with Gasteiger partial charge in [-0.3, -0.25) is 0 Å². The van der Waals surface area contributed by atoms with Crippen molar-refractivity contribution in [2.45, 2.75) is 0 Å². The van der Waals surface area contributed by atoms with E-state index in [4.69, 9.17) is 9.47 Å². The maximum atomic E-state index is 10.1. The number of benzene rings is 2. The van der Waals surface area contributed by atoms with E-state index < -0.39 is 11.9 Å². The molecule has 2 rings (SSSR count). The topological polar surface area (TPSA) is 98.7 Å². The molecule has 0 atom stereocenters. The van der Waals surface area contributed by atoms with Crippen LogP contribution in [0.4, 0.5) is 0 Å². The molecule has 0 aromatic heterocycles. The number of carbonyl (C=O) groups excluding carboxylic acids is 2. The molecule has 0 heterocycles. The van der Waals surface area contributed by atoms with Gasteiger partial charge in [-0.1, -0.05) is 36.4 Å². The number of carboxylic acids is 2. The van der Waals surface area contributed by atoms with Crippen LogP contribution in [0, 0.1) is 0 Å². The third kappa shape index (κ3) is 10.6. The fourth-order valence-corrected chi connectivity index (χ4v) is 1.76. The zero-order chi connectivity index (χ0) is 19.4. The molecule has 6 nitrogen and oxygen atoms in total. The van der Waals surface area contributed by atoms with E-state index in [1.54, 1.807) is 62.8 Å². The van der Waals surface area contributed by atoms with Crippen LogP contribution in [0.15, 0.2) is 60.7 Å². The van der Waals surface area contributed by atoms with Crippen LogP contribution >= 0.6 is 0 Å². The predicted molar refractivity (Wildman–Crippen MR) is 94.1 cm³/mol. The number of methoxy groups -OCH3 is 2. The summed E-state index contributed by atoms with van der Waals surface area (Å²) in [5, 5.41) is 20.1. The van der Waals surface area contributed by atoms with E-state index in [0.717, 1.165) is 34.8 Å². The number of aliphatic carboxylic acids is 2. The maximum Gasteiger partial charge on any atom is 2.00 e. The molecule has 0 unspecified atom stereocenters. The van der Waals surface area contributed by atoms with Crippen molar-refractivity contribution in [2.24, 2.45) is 0 Å². The molecule has 0 spiro atoms. The summed E-state index contributed by atoms with van der Waals surface area (Å²) in [6.07, 6.45) is 4.91. The van der Waals surface area contributed by atoms with Gasteiger partial charge in [-0.05, 0) is 47.5 Å². The first-order chi connectivity index (χ1) is 12.4. The minimum atomic E-state index is -1.20. The average Bonchev–Trinajstić information content (AvgIpc) is 2.66. The van der Waals surface area contributed by atoms with Crippen LogP contribution in [-0.2, 0) is 29.1 Å². The average molecular weight is 455 g/mol. The van der Waals surface area contributed by atoms with Crippen LogP contribution in [-0.4, -0.2) is 26.2 Å². The molecule has 0 radical (unpaired) electrons. The molecular weight excluding hydrogens is 437 g/mol. The summed E-state index contributed by atoms with van der Waals surface area (Å²) in [6, 6.07) is 14.1. The van der Waals surface area contributed by atoms with Crippen molar-refractivity contribution in [3.63, 3.8) is 0 Å². The second-order valence-electron chi connectivity index (χ2n) is 4.85. The number of carbonyl (C=O) groups is 2. The summed E-state index contributed by atoms with van der Waals surface area (Å²) < 4.78 is 9.88. The van der Waals surface area contributed by atoms with Crippen molar-refractivity contribution in [1.82, 2.24) is 0 Å². The Morgan fingerprint density at radius 1 is 0.704 bits per heavy atom. The number of ether oxygens (including phenoxy) is 2. The van der Waals surface area contributed by atoms with Crippen LogP contribution in [0.2, 0.25) is 0 Å². The maximum absolute atomic E-state index is 10.1. The summed E-state index contributed by atoms with van der Waals surface area (Å²) in [5.74, 6) is -0.914. The largest absolute Gasteiger partial charge is 2.00 e. The smallest absolute Gasteiger partial charge is 0.545 e. The second kappa shape index (κ2) is 13.3. The molecule has 27 heavy (non-hydrogen) atoms. The molecule has 0 aliphatic carbocycles. The Labute approximate surface area is 170 Å². The van der Waals surface area contributed by atoms with Gasteiger partial charge in [-0.2, -0.15) is 0 Å². The van der Waals surface area contributed by atoms with Crippen LogP contribution in [0.1, 0.15) is 11.1 Å². The van der Waals surface area contributed by atoms with E-state index in [1.807, 2.05) is 0 Å². The Balaban J connectivity index is 0.000000483. The Kier molecular flexibility index (Phi) is 11.9. The van der Waals surface area contributed by atoms with Gasteiger partial charge in [-0.15, -0.1) is 0 Å². The summed E-state index contributed by atoms with van der Waals surface area (Å²) in [7, 11) is 3.15. The molecule has 0 N–H and O–H groups in total. The summed E-state index contributed by atoms with van der Waals surface area (Å²) in [5.41, 5.74) is 1.59. The van der Waals surface area contributed by atoms with Crippen LogP contribution in [0.25, 0.3) is 12.2 Å². The summed E-state index contributed by atoms with van der Waals surface area (Å²) >= 11 is 0. The fraction of sp³-hybridized carbons (Fsp3) is 0.100. The van der Waals surface area contributed by atoms with Gasteiger partial charge in [0.1, 0.15) is 11.5 Å². The van der Waals surface area contributed by atoms with Gasteiger partial charge in [0.2, 0.25) is 0 Å². The summed E-state index contributed by atoms with van der Waals surface area (Å²) in [4.78, 5) is 20.1. The Hall–Kier alpha value is -2.92. The minimum Gasteiger partial charge on any atom is -0.545 e. The normalized spacial score (nSPS) is 9.85. The Bertz CT molecular complexity index is 697. The quantitative estimate of drug-likeness (QED) is 0.475. The molecule has 0 aliphatic heterocycles. The van der Waals surface area contributed by atoms with Gasteiger partial charge >= 0.3 is 19.5 Å². The molecule has 7 heteroatoms. The van der Waals surface area contributed by atoms with Crippen molar-refractivity contribution in [2.75, 3.05) is 14.2 Å². The standard InChI is InChI=1S/2C10H10O3.Ru/c2*1-13-9-5-2-8(3-6-9)4-7-10(11)12;/h2*2-7H,1H3,(H,11,12);/q;;+2/p-2/b2*7-4+;. The molecule has 142 valence electrons. The van der Waals surface area contributed by atoms with Crippen LogP contribution in [0.3, 0.4) is 0 Å². The number of carboxylic acid groups (broad SMARTS) is 2. The predicted octanol–water partition coefficient (Wildman–Crippen LogP) is 0.914. The Morgan fingerprint density at radius 3 is 1.22 bits per heavy atom. The van der Waals surface area contributed by atoms with Gasteiger partial charge in [0, 0.05) is 0 Å². The molecule has 0 saturated heterocycles. The van der Waals surface area contributed by atoms with Gasteiger partial charge < -0.3 is 29.3 Å². The molecule has 2 aromatic carbocycles. The zero-order valence-electron chi connectivity index (χ0n) is 14.7. The van der Waals surface area contributed by atoms with E-state index in [-0.39, 0.29) is 19.5 Å². The monoisotopic (exact) mass is 456 g/mol. The van der Waals surface area contributed by atoms with Crippen molar-refractivity contribution in [1.29, 1.82) is 0 Å². The van der Waals surface area contributed by atoms with Gasteiger partial charge in [0.15, 0.2) is 0 Å². The first-order valence-corrected chi connectivity index (χ1v) is 7.51. The number of rotatable bonds is 6. The van der Waals surface area contributed by atoms with Crippen molar-refractivity contribution < 1.29 is 48.8 Å². The fourth-order valence-electron chi connectivity index (χ4n) is 1.76.